The predicted molar refractivity (Wildman–Crippen MR) is 76.4 cm³/mol. The van der Waals surface area contributed by atoms with Gasteiger partial charge in [-0.05, 0) is 32.1 Å². The van der Waals surface area contributed by atoms with Gasteiger partial charge in [-0.2, -0.15) is 0 Å². The molecule has 0 aliphatic rings. The summed E-state index contributed by atoms with van der Waals surface area (Å²) in [6.07, 6.45) is 0.248. The fraction of sp³-hybridized carbons (Fsp3) is 0.467. The molecule has 0 aliphatic carbocycles. The van der Waals surface area contributed by atoms with E-state index >= 15 is 0 Å². The molecule has 5 heteroatoms. The van der Waals surface area contributed by atoms with Crippen LogP contribution >= 0.6 is 0 Å². The number of carbonyl (C=O) groups excluding carboxylic acids is 1. The lowest BCUT2D eigenvalue weighted by Gasteiger charge is -2.25. The van der Waals surface area contributed by atoms with Crippen LogP contribution < -0.4 is 0 Å². The SMILES string of the molecule is CCN(CC)C(C)CC(=O)c1cccc(C(=O)O)c1O. The summed E-state index contributed by atoms with van der Waals surface area (Å²) in [7, 11) is 0. The number of carboxylic acid groups (broad SMARTS) is 1. The topological polar surface area (TPSA) is 77.8 Å². The van der Waals surface area contributed by atoms with Gasteiger partial charge in [-0.15, -0.1) is 0 Å². The average Bonchev–Trinajstić information content (AvgIpc) is 2.39. The van der Waals surface area contributed by atoms with Gasteiger partial charge in [0.1, 0.15) is 11.3 Å². The van der Waals surface area contributed by atoms with Crippen LogP contribution in [0.1, 0.15) is 47.9 Å². The molecule has 0 radical (unpaired) electrons. The maximum atomic E-state index is 12.2. The van der Waals surface area contributed by atoms with E-state index in [1.54, 1.807) is 0 Å². The maximum absolute atomic E-state index is 12.2. The summed E-state index contributed by atoms with van der Waals surface area (Å²) < 4.78 is 0. The van der Waals surface area contributed by atoms with Gasteiger partial charge in [-0.3, -0.25) is 4.79 Å². The van der Waals surface area contributed by atoms with Crippen molar-refractivity contribution in [1.29, 1.82) is 0 Å². The summed E-state index contributed by atoms with van der Waals surface area (Å²) in [6.45, 7) is 7.67. The number of benzene rings is 1. The van der Waals surface area contributed by atoms with E-state index < -0.39 is 11.7 Å². The van der Waals surface area contributed by atoms with Crippen LogP contribution in [0.5, 0.6) is 5.75 Å². The molecular weight excluding hydrogens is 258 g/mol. The molecule has 0 spiro atoms. The lowest BCUT2D eigenvalue weighted by Crippen LogP contribution is -2.34. The van der Waals surface area contributed by atoms with Crippen molar-refractivity contribution < 1.29 is 19.8 Å². The Labute approximate surface area is 118 Å². The van der Waals surface area contributed by atoms with Crippen molar-refractivity contribution in [2.75, 3.05) is 13.1 Å². The van der Waals surface area contributed by atoms with Crippen LogP contribution in [0, 0.1) is 0 Å². The van der Waals surface area contributed by atoms with Gasteiger partial charge in [0, 0.05) is 12.5 Å². The Kier molecular flexibility index (Phi) is 5.70. The molecular formula is C15H21NO4. The van der Waals surface area contributed by atoms with Crippen LogP contribution in [-0.2, 0) is 0 Å². The second-order valence-electron chi connectivity index (χ2n) is 4.70. The number of para-hydroxylation sites is 1. The van der Waals surface area contributed by atoms with Gasteiger partial charge in [0.05, 0.1) is 5.56 Å². The van der Waals surface area contributed by atoms with Crippen molar-refractivity contribution in [3.63, 3.8) is 0 Å². The van der Waals surface area contributed by atoms with Gasteiger partial charge < -0.3 is 15.1 Å². The number of ketones is 1. The average molecular weight is 279 g/mol. The van der Waals surface area contributed by atoms with E-state index in [0.29, 0.717) is 0 Å². The number of rotatable bonds is 7. The molecule has 0 heterocycles. The van der Waals surface area contributed by atoms with E-state index in [1.807, 2.05) is 20.8 Å². The van der Waals surface area contributed by atoms with Crippen LogP contribution in [0.4, 0.5) is 0 Å². The monoisotopic (exact) mass is 279 g/mol. The van der Waals surface area contributed by atoms with Crippen molar-refractivity contribution in [3.05, 3.63) is 29.3 Å². The highest BCUT2D eigenvalue weighted by Crippen LogP contribution is 2.24. The summed E-state index contributed by atoms with van der Waals surface area (Å²) in [6, 6.07) is 4.25. The predicted octanol–water partition coefficient (Wildman–Crippen LogP) is 2.39. The number of hydrogen-bond donors (Lipinski definition) is 2. The molecule has 1 atom stereocenters. The summed E-state index contributed by atoms with van der Waals surface area (Å²) in [5.74, 6) is -1.93. The highest BCUT2D eigenvalue weighted by Gasteiger charge is 2.21. The second kappa shape index (κ2) is 7.05. The first kappa shape index (κ1) is 16.2. The van der Waals surface area contributed by atoms with Crippen LogP contribution in [0.2, 0.25) is 0 Å². The van der Waals surface area contributed by atoms with Gasteiger partial charge in [0.2, 0.25) is 0 Å². The Morgan fingerprint density at radius 3 is 2.25 bits per heavy atom. The van der Waals surface area contributed by atoms with E-state index in [1.165, 1.54) is 18.2 Å². The van der Waals surface area contributed by atoms with Gasteiger partial charge in [-0.1, -0.05) is 19.9 Å². The molecule has 20 heavy (non-hydrogen) atoms. The third-order valence-electron chi connectivity index (χ3n) is 3.48. The van der Waals surface area contributed by atoms with Crippen molar-refractivity contribution >= 4 is 11.8 Å². The van der Waals surface area contributed by atoms with Crippen LogP contribution in [-0.4, -0.2) is 46.0 Å². The second-order valence-corrected chi connectivity index (χ2v) is 4.70. The minimum absolute atomic E-state index is 0.0467. The third-order valence-corrected chi connectivity index (χ3v) is 3.48. The number of aromatic carboxylic acids is 1. The zero-order valence-corrected chi connectivity index (χ0v) is 12.1. The highest BCUT2D eigenvalue weighted by molar-refractivity contribution is 6.03. The Morgan fingerprint density at radius 2 is 1.75 bits per heavy atom. The Balaban J connectivity index is 2.93. The normalized spacial score (nSPS) is 12.4. The Hall–Kier alpha value is -1.88. The van der Waals surface area contributed by atoms with Crippen molar-refractivity contribution in [3.8, 4) is 5.75 Å². The molecule has 0 bridgehead atoms. The summed E-state index contributed by atoms with van der Waals surface area (Å²) in [4.78, 5) is 25.3. The number of carboxylic acids is 1. The van der Waals surface area contributed by atoms with E-state index in [2.05, 4.69) is 4.90 Å². The standard InChI is InChI=1S/C15H21NO4/c1-4-16(5-2)10(3)9-13(17)11-7-6-8-12(14(11)18)15(19)20/h6-8,10,18H,4-5,9H2,1-3H3,(H,19,20). The number of nitrogens with zero attached hydrogens (tertiary/aromatic N) is 1. The first-order chi connectivity index (χ1) is 9.42. The Bertz CT molecular complexity index is 495. The molecule has 1 unspecified atom stereocenters. The molecule has 5 nitrogen and oxygen atoms in total. The molecule has 0 aliphatic heterocycles. The first-order valence-electron chi connectivity index (χ1n) is 6.74. The molecule has 2 N–H and O–H groups in total. The molecule has 1 aromatic rings. The molecule has 0 fully saturated rings. The number of phenols is 1. The smallest absolute Gasteiger partial charge is 0.339 e. The largest absolute Gasteiger partial charge is 0.506 e. The fourth-order valence-electron chi connectivity index (χ4n) is 2.30. The van der Waals surface area contributed by atoms with Crippen molar-refractivity contribution in [1.82, 2.24) is 4.90 Å². The van der Waals surface area contributed by atoms with Gasteiger partial charge >= 0.3 is 5.97 Å². The van der Waals surface area contributed by atoms with Gasteiger partial charge in [0.15, 0.2) is 5.78 Å². The van der Waals surface area contributed by atoms with Crippen molar-refractivity contribution in [2.24, 2.45) is 0 Å². The number of Topliss-reactive ketones (excluding diaryl/α,β-unsaturated/α-hetero) is 1. The highest BCUT2D eigenvalue weighted by atomic mass is 16.4. The molecule has 1 aromatic carbocycles. The number of hydrogen-bond acceptors (Lipinski definition) is 4. The first-order valence-corrected chi connectivity index (χ1v) is 6.74. The minimum Gasteiger partial charge on any atom is -0.506 e. The third kappa shape index (κ3) is 3.57. The van der Waals surface area contributed by atoms with E-state index in [4.69, 9.17) is 5.11 Å². The molecule has 0 saturated carbocycles. The number of carbonyl (C=O) groups is 2. The molecule has 0 amide bonds. The summed E-state index contributed by atoms with van der Waals surface area (Å²) in [5, 5.41) is 18.8. The molecule has 0 saturated heterocycles. The van der Waals surface area contributed by atoms with Gasteiger partial charge in [0.25, 0.3) is 0 Å². The molecule has 110 valence electrons. The van der Waals surface area contributed by atoms with E-state index in [9.17, 15) is 14.7 Å². The van der Waals surface area contributed by atoms with Gasteiger partial charge in [-0.25, -0.2) is 4.79 Å². The van der Waals surface area contributed by atoms with E-state index in [-0.39, 0.29) is 29.4 Å². The van der Waals surface area contributed by atoms with E-state index in [0.717, 1.165) is 13.1 Å². The summed E-state index contributed by atoms with van der Waals surface area (Å²) >= 11 is 0. The lowest BCUT2D eigenvalue weighted by molar-refractivity contribution is 0.0693. The molecule has 1 rings (SSSR count). The Morgan fingerprint density at radius 1 is 1.20 bits per heavy atom. The lowest BCUT2D eigenvalue weighted by atomic mass is 10.00. The quantitative estimate of drug-likeness (QED) is 0.749. The summed E-state index contributed by atoms with van der Waals surface area (Å²) in [5.41, 5.74) is -0.171. The maximum Gasteiger partial charge on any atom is 0.339 e. The number of aromatic hydroxyl groups is 1. The minimum atomic E-state index is -1.24. The fourth-order valence-corrected chi connectivity index (χ4v) is 2.30. The molecule has 0 aromatic heterocycles. The van der Waals surface area contributed by atoms with Crippen LogP contribution in [0.3, 0.4) is 0 Å². The zero-order chi connectivity index (χ0) is 15.3. The van der Waals surface area contributed by atoms with Crippen LogP contribution in [0.15, 0.2) is 18.2 Å². The van der Waals surface area contributed by atoms with Crippen LogP contribution in [0.25, 0.3) is 0 Å². The van der Waals surface area contributed by atoms with Crippen molar-refractivity contribution in [2.45, 2.75) is 33.2 Å². The zero-order valence-electron chi connectivity index (χ0n) is 12.1.